The number of hydrogen-bond donors (Lipinski definition) is 2. The highest BCUT2D eigenvalue weighted by atomic mass is 32.2. The van der Waals surface area contributed by atoms with Gasteiger partial charge in [0.2, 0.25) is 10.0 Å². The van der Waals surface area contributed by atoms with Gasteiger partial charge < -0.3 is 19.9 Å². The zero-order valence-electron chi connectivity index (χ0n) is 16.6. The van der Waals surface area contributed by atoms with E-state index < -0.39 is 16.1 Å². The Morgan fingerprint density at radius 3 is 2.41 bits per heavy atom. The van der Waals surface area contributed by atoms with Crippen molar-refractivity contribution < 1.29 is 28.3 Å². The maximum absolute atomic E-state index is 12.6. The van der Waals surface area contributed by atoms with E-state index in [1.54, 1.807) is 12.1 Å². The van der Waals surface area contributed by atoms with E-state index in [0.29, 0.717) is 38.6 Å². The van der Waals surface area contributed by atoms with Gasteiger partial charge in [0.25, 0.3) is 0 Å². The van der Waals surface area contributed by atoms with Gasteiger partial charge in [-0.05, 0) is 31.2 Å². The average molecular weight is 422 g/mol. The van der Waals surface area contributed by atoms with E-state index in [1.165, 1.54) is 22.0 Å². The van der Waals surface area contributed by atoms with Crippen molar-refractivity contribution in [2.75, 3.05) is 39.5 Å². The van der Waals surface area contributed by atoms with E-state index >= 15 is 0 Å². The maximum atomic E-state index is 12.6. The lowest BCUT2D eigenvalue weighted by atomic mass is 10.1. The van der Waals surface area contributed by atoms with Crippen molar-refractivity contribution in [3.05, 3.63) is 60.2 Å². The summed E-state index contributed by atoms with van der Waals surface area (Å²) in [5.41, 5.74) is 1.21. The molecule has 7 nitrogen and oxygen atoms in total. The van der Waals surface area contributed by atoms with Crippen LogP contribution in [0.25, 0.3) is 0 Å². The molecule has 0 unspecified atom stereocenters. The molecule has 3 rings (SSSR count). The second kappa shape index (κ2) is 10.2. The molecule has 0 amide bonds. The molecule has 1 heterocycles. The van der Waals surface area contributed by atoms with Crippen LogP contribution in [0.1, 0.15) is 18.5 Å². The van der Waals surface area contributed by atoms with Gasteiger partial charge in [-0.25, -0.2) is 8.42 Å². The van der Waals surface area contributed by atoms with Gasteiger partial charge in [0.15, 0.2) is 0 Å². The summed E-state index contributed by atoms with van der Waals surface area (Å²) in [5, 5.41) is 12.3. The Balaban J connectivity index is 1.47. The number of nitrogens with zero attached hydrogens (tertiary/aromatic N) is 1. The van der Waals surface area contributed by atoms with Crippen LogP contribution in [0.15, 0.2) is 59.5 Å². The van der Waals surface area contributed by atoms with Crippen LogP contribution in [0.2, 0.25) is 0 Å². The number of quaternary nitrogens is 1. The van der Waals surface area contributed by atoms with E-state index in [1.807, 2.05) is 18.2 Å². The van der Waals surface area contributed by atoms with Gasteiger partial charge >= 0.3 is 0 Å². The monoisotopic (exact) mass is 421 g/mol. The van der Waals surface area contributed by atoms with Gasteiger partial charge in [-0.2, -0.15) is 4.31 Å². The largest absolute Gasteiger partial charge is 0.491 e. The third kappa shape index (κ3) is 6.01. The molecule has 0 aromatic heterocycles. The first kappa shape index (κ1) is 21.7. The number of aliphatic hydroxyl groups excluding tert-OH is 1. The third-order valence-electron chi connectivity index (χ3n) is 4.96. The van der Waals surface area contributed by atoms with Crippen LogP contribution in [-0.4, -0.2) is 63.4 Å². The predicted molar refractivity (Wildman–Crippen MR) is 109 cm³/mol. The van der Waals surface area contributed by atoms with Crippen LogP contribution in [0.5, 0.6) is 5.75 Å². The summed E-state index contributed by atoms with van der Waals surface area (Å²) in [4.78, 5) is 0.234. The standard InChI is InChI=1S/C21H28N2O5S/c1-17(18-5-3-2-4-6-18)22-15-19(24)16-28-20-7-9-21(10-8-20)29(25,26)23-11-13-27-14-12-23/h2-10,17,19,22,24H,11-16H2,1H3/p+1/t17-,19-/m1/s1. The Labute approximate surface area is 172 Å². The Morgan fingerprint density at radius 1 is 1.10 bits per heavy atom. The molecule has 0 radical (unpaired) electrons. The maximum Gasteiger partial charge on any atom is 0.243 e. The highest BCUT2D eigenvalue weighted by Gasteiger charge is 2.26. The summed E-state index contributed by atoms with van der Waals surface area (Å²) >= 11 is 0. The molecule has 2 atom stereocenters. The number of hydrogen-bond acceptors (Lipinski definition) is 5. The average Bonchev–Trinajstić information content (AvgIpc) is 2.77. The molecule has 1 aliphatic rings. The number of ether oxygens (including phenoxy) is 2. The van der Waals surface area contributed by atoms with Gasteiger partial charge in [-0.3, -0.25) is 0 Å². The van der Waals surface area contributed by atoms with Crippen molar-refractivity contribution >= 4 is 10.0 Å². The van der Waals surface area contributed by atoms with Crippen LogP contribution in [0, 0.1) is 0 Å². The summed E-state index contributed by atoms with van der Waals surface area (Å²) in [6.07, 6.45) is -0.627. The number of aliphatic hydroxyl groups is 1. The molecular formula is C21H29N2O5S+. The van der Waals surface area contributed by atoms with Gasteiger partial charge in [0.05, 0.1) is 18.1 Å². The second-order valence-electron chi connectivity index (χ2n) is 7.12. The van der Waals surface area contributed by atoms with E-state index in [2.05, 4.69) is 24.4 Å². The van der Waals surface area contributed by atoms with Crippen LogP contribution in [0.4, 0.5) is 0 Å². The minimum atomic E-state index is -3.51. The summed E-state index contributed by atoms with van der Waals surface area (Å²) in [6, 6.07) is 16.7. The quantitative estimate of drug-likeness (QED) is 0.624. The number of rotatable bonds is 9. The number of benzene rings is 2. The van der Waals surface area contributed by atoms with Crippen LogP contribution in [0.3, 0.4) is 0 Å². The molecule has 1 saturated heterocycles. The second-order valence-corrected chi connectivity index (χ2v) is 9.06. The van der Waals surface area contributed by atoms with Gasteiger partial charge in [0.1, 0.15) is 31.0 Å². The molecule has 0 bridgehead atoms. The molecule has 158 valence electrons. The molecule has 1 aliphatic heterocycles. The van der Waals surface area contributed by atoms with Crippen LogP contribution in [-0.2, 0) is 14.8 Å². The van der Waals surface area contributed by atoms with Gasteiger partial charge in [0, 0.05) is 18.7 Å². The highest BCUT2D eigenvalue weighted by molar-refractivity contribution is 7.89. The van der Waals surface area contributed by atoms with Crippen molar-refractivity contribution in [1.82, 2.24) is 4.31 Å². The third-order valence-corrected chi connectivity index (χ3v) is 6.87. The number of morpholine rings is 1. The van der Waals surface area contributed by atoms with Crippen molar-refractivity contribution in [3.63, 3.8) is 0 Å². The molecule has 29 heavy (non-hydrogen) atoms. The van der Waals surface area contributed by atoms with Crippen molar-refractivity contribution in [3.8, 4) is 5.75 Å². The first-order chi connectivity index (χ1) is 14.0. The highest BCUT2D eigenvalue weighted by Crippen LogP contribution is 2.20. The van der Waals surface area contributed by atoms with Crippen LogP contribution < -0.4 is 10.1 Å². The van der Waals surface area contributed by atoms with E-state index in [-0.39, 0.29) is 17.5 Å². The number of sulfonamides is 1. The molecule has 0 spiro atoms. The molecule has 2 aromatic carbocycles. The van der Waals surface area contributed by atoms with Gasteiger partial charge in [-0.15, -0.1) is 0 Å². The molecule has 3 N–H and O–H groups in total. The Bertz CT molecular complexity index is 852. The molecule has 2 aromatic rings. The predicted octanol–water partition coefficient (Wildman–Crippen LogP) is 0.772. The molecular weight excluding hydrogens is 392 g/mol. The summed E-state index contributed by atoms with van der Waals surface area (Å²) in [7, 11) is -3.51. The summed E-state index contributed by atoms with van der Waals surface area (Å²) < 4.78 is 37.5. The van der Waals surface area contributed by atoms with E-state index in [0.717, 1.165) is 0 Å². The Morgan fingerprint density at radius 2 is 1.76 bits per heavy atom. The minimum Gasteiger partial charge on any atom is -0.491 e. The fourth-order valence-electron chi connectivity index (χ4n) is 3.16. The fourth-order valence-corrected chi connectivity index (χ4v) is 4.57. The Hall–Kier alpha value is -1.97. The molecule has 8 heteroatoms. The topological polar surface area (TPSA) is 92.7 Å². The molecule has 1 fully saturated rings. The van der Waals surface area contributed by atoms with Crippen molar-refractivity contribution in [2.45, 2.75) is 24.0 Å². The Kier molecular flexibility index (Phi) is 7.63. The first-order valence-electron chi connectivity index (χ1n) is 9.84. The minimum absolute atomic E-state index is 0.146. The summed E-state index contributed by atoms with van der Waals surface area (Å²) in [5.74, 6) is 0.529. The lowest BCUT2D eigenvalue weighted by Crippen LogP contribution is -2.87. The normalized spacial score (nSPS) is 17.6. The van der Waals surface area contributed by atoms with E-state index in [9.17, 15) is 13.5 Å². The molecule has 0 aliphatic carbocycles. The smallest absolute Gasteiger partial charge is 0.243 e. The number of nitrogens with two attached hydrogens (primary N) is 1. The lowest BCUT2D eigenvalue weighted by Gasteiger charge is -2.26. The zero-order chi connectivity index (χ0) is 20.7. The lowest BCUT2D eigenvalue weighted by molar-refractivity contribution is -0.698. The summed E-state index contributed by atoms with van der Waals surface area (Å²) in [6.45, 7) is 4.31. The zero-order valence-corrected chi connectivity index (χ0v) is 17.4. The van der Waals surface area contributed by atoms with Gasteiger partial charge in [-0.1, -0.05) is 30.3 Å². The van der Waals surface area contributed by atoms with Crippen molar-refractivity contribution in [1.29, 1.82) is 0 Å². The first-order valence-corrected chi connectivity index (χ1v) is 11.3. The SMILES string of the molecule is C[C@@H]([NH2+]C[C@@H](O)COc1ccc(S(=O)(=O)N2CCOCC2)cc1)c1ccccc1. The fraction of sp³-hybridized carbons (Fsp3) is 0.429. The van der Waals surface area contributed by atoms with Crippen molar-refractivity contribution in [2.24, 2.45) is 0 Å². The molecule has 0 saturated carbocycles. The van der Waals surface area contributed by atoms with E-state index in [4.69, 9.17) is 9.47 Å². The van der Waals surface area contributed by atoms with Crippen LogP contribution >= 0.6 is 0 Å².